The smallest absolute Gasteiger partial charge is 0.271 e. The molecule has 150 valence electrons. The van der Waals surface area contributed by atoms with Crippen molar-refractivity contribution in [1.82, 2.24) is 15.6 Å². The number of nitrogens with zero attached hydrogens (tertiary/aromatic N) is 2. The highest BCUT2D eigenvalue weighted by atomic mass is 16.5. The molecule has 0 atom stereocenters. The first-order chi connectivity index (χ1) is 14.2. The Labute approximate surface area is 168 Å². The molecule has 1 heterocycles. The third-order valence-electron chi connectivity index (χ3n) is 4.12. The molecule has 0 aliphatic heterocycles. The van der Waals surface area contributed by atoms with Gasteiger partial charge in [0.25, 0.3) is 5.91 Å². The molecule has 0 fully saturated rings. The van der Waals surface area contributed by atoms with Gasteiger partial charge in [-0.3, -0.25) is 9.89 Å². The average Bonchev–Trinajstić information content (AvgIpc) is 3.22. The van der Waals surface area contributed by atoms with Gasteiger partial charge in [0.05, 0.1) is 38.9 Å². The lowest BCUT2D eigenvalue weighted by Gasteiger charge is -2.09. The van der Waals surface area contributed by atoms with Gasteiger partial charge < -0.3 is 14.2 Å². The molecular formula is C21H22N4O4. The van der Waals surface area contributed by atoms with Crippen molar-refractivity contribution in [1.29, 1.82) is 0 Å². The molecule has 29 heavy (non-hydrogen) atoms. The summed E-state index contributed by atoms with van der Waals surface area (Å²) >= 11 is 0. The predicted octanol–water partition coefficient (Wildman–Crippen LogP) is 3.26. The molecule has 8 nitrogen and oxygen atoms in total. The number of nitrogens with one attached hydrogen (secondary N) is 2. The molecule has 8 heteroatoms. The molecule has 3 aromatic rings. The fourth-order valence-electron chi connectivity index (χ4n) is 2.74. The zero-order chi connectivity index (χ0) is 20.6. The number of hydrogen-bond donors (Lipinski definition) is 2. The molecule has 0 unspecified atom stereocenters. The van der Waals surface area contributed by atoms with Crippen LogP contribution in [0.2, 0.25) is 0 Å². The van der Waals surface area contributed by atoms with Crippen molar-refractivity contribution in [2.24, 2.45) is 5.10 Å². The van der Waals surface area contributed by atoms with Crippen LogP contribution in [0.15, 0.2) is 53.8 Å². The Morgan fingerprint density at radius 1 is 1.17 bits per heavy atom. The Bertz CT molecular complexity index is 1010. The van der Waals surface area contributed by atoms with Crippen molar-refractivity contribution in [2.45, 2.75) is 6.92 Å². The molecule has 0 saturated heterocycles. The van der Waals surface area contributed by atoms with E-state index in [-0.39, 0.29) is 5.91 Å². The van der Waals surface area contributed by atoms with E-state index in [1.807, 2.05) is 25.1 Å². The number of aromatic amines is 1. The van der Waals surface area contributed by atoms with Crippen LogP contribution in [-0.2, 0) is 0 Å². The molecular weight excluding hydrogens is 372 g/mol. The Balaban J connectivity index is 1.74. The first kappa shape index (κ1) is 19.9. The van der Waals surface area contributed by atoms with E-state index in [0.717, 1.165) is 11.3 Å². The zero-order valence-electron chi connectivity index (χ0n) is 16.4. The number of aromatic nitrogens is 2. The van der Waals surface area contributed by atoms with Gasteiger partial charge in [0.15, 0.2) is 11.5 Å². The maximum atomic E-state index is 12.3. The summed E-state index contributed by atoms with van der Waals surface area (Å²) in [6, 6.07) is 12.4. The number of hydrazone groups is 1. The van der Waals surface area contributed by atoms with Crippen LogP contribution in [0.1, 0.15) is 22.8 Å². The van der Waals surface area contributed by atoms with Crippen LogP contribution in [-0.4, -0.2) is 43.1 Å². The van der Waals surface area contributed by atoms with E-state index in [1.165, 1.54) is 6.21 Å². The summed E-state index contributed by atoms with van der Waals surface area (Å²) < 4.78 is 16.0. The van der Waals surface area contributed by atoms with E-state index < -0.39 is 0 Å². The van der Waals surface area contributed by atoms with E-state index in [4.69, 9.17) is 14.2 Å². The van der Waals surface area contributed by atoms with Crippen molar-refractivity contribution in [3.8, 4) is 28.5 Å². The number of rotatable bonds is 8. The van der Waals surface area contributed by atoms with Crippen molar-refractivity contribution in [3.63, 3.8) is 0 Å². The SMILES string of the molecule is CCOc1cccc(C(=O)N/N=C\c2cn[nH]c2-c2ccc(OC)c(OC)c2)c1. The Kier molecular flexibility index (Phi) is 6.47. The van der Waals surface area contributed by atoms with E-state index >= 15 is 0 Å². The van der Waals surface area contributed by atoms with Gasteiger partial charge in [-0.05, 0) is 43.3 Å². The average molecular weight is 394 g/mol. The van der Waals surface area contributed by atoms with Gasteiger partial charge >= 0.3 is 0 Å². The molecule has 3 rings (SSSR count). The molecule has 1 aromatic heterocycles. The van der Waals surface area contributed by atoms with Crippen molar-refractivity contribution in [2.75, 3.05) is 20.8 Å². The maximum absolute atomic E-state index is 12.3. The molecule has 0 radical (unpaired) electrons. The molecule has 2 aromatic carbocycles. The zero-order valence-corrected chi connectivity index (χ0v) is 16.4. The summed E-state index contributed by atoms with van der Waals surface area (Å²) in [5, 5.41) is 11.0. The topological polar surface area (TPSA) is 97.8 Å². The van der Waals surface area contributed by atoms with Gasteiger partial charge in [-0.2, -0.15) is 10.2 Å². The Morgan fingerprint density at radius 2 is 2.00 bits per heavy atom. The van der Waals surface area contributed by atoms with E-state index in [2.05, 4.69) is 20.7 Å². The van der Waals surface area contributed by atoms with Crippen LogP contribution >= 0.6 is 0 Å². The van der Waals surface area contributed by atoms with E-state index in [9.17, 15) is 4.79 Å². The van der Waals surface area contributed by atoms with Crippen molar-refractivity contribution >= 4 is 12.1 Å². The second-order valence-electron chi connectivity index (χ2n) is 5.93. The summed E-state index contributed by atoms with van der Waals surface area (Å²) in [6.07, 6.45) is 3.15. The first-order valence-electron chi connectivity index (χ1n) is 8.98. The number of H-pyrrole nitrogens is 1. The quantitative estimate of drug-likeness (QED) is 0.451. The number of carbonyl (C=O) groups excluding carboxylic acids is 1. The number of amides is 1. The molecule has 1 amide bonds. The minimum atomic E-state index is -0.334. The molecule has 2 N–H and O–H groups in total. The van der Waals surface area contributed by atoms with Gasteiger partial charge in [0, 0.05) is 16.7 Å². The Hall–Kier alpha value is -3.81. The monoisotopic (exact) mass is 394 g/mol. The van der Waals surface area contributed by atoms with Gasteiger partial charge in [0.1, 0.15) is 5.75 Å². The number of carbonyl (C=O) groups is 1. The lowest BCUT2D eigenvalue weighted by atomic mass is 10.1. The number of benzene rings is 2. The van der Waals surface area contributed by atoms with E-state index in [1.54, 1.807) is 44.7 Å². The third kappa shape index (κ3) is 4.73. The minimum Gasteiger partial charge on any atom is -0.494 e. The molecule has 0 aliphatic rings. The van der Waals surface area contributed by atoms with Crippen LogP contribution in [0.3, 0.4) is 0 Å². The second-order valence-corrected chi connectivity index (χ2v) is 5.93. The fraction of sp³-hybridized carbons (Fsp3) is 0.190. The summed E-state index contributed by atoms with van der Waals surface area (Å²) in [4.78, 5) is 12.3. The van der Waals surface area contributed by atoms with Crippen LogP contribution < -0.4 is 19.6 Å². The second kappa shape index (κ2) is 9.41. The Morgan fingerprint density at radius 3 is 2.76 bits per heavy atom. The molecule has 0 saturated carbocycles. The number of methoxy groups -OCH3 is 2. The maximum Gasteiger partial charge on any atom is 0.271 e. The standard InChI is InChI=1S/C21H22N4O4/c1-4-29-17-7-5-6-15(10-17)21(26)25-23-13-16-12-22-24-20(16)14-8-9-18(27-2)19(11-14)28-3/h5-13H,4H2,1-3H3,(H,22,24)(H,25,26)/b23-13-. The predicted molar refractivity (Wildman–Crippen MR) is 110 cm³/mol. The van der Waals surface area contributed by atoms with Crippen molar-refractivity contribution in [3.05, 3.63) is 59.8 Å². The van der Waals surface area contributed by atoms with Gasteiger partial charge in [0.2, 0.25) is 0 Å². The molecule has 0 bridgehead atoms. The lowest BCUT2D eigenvalue weighted by Crippen LogP contribution is -2.17. The summed E-state index contributed by atoms with van der Waals surface area (Å²) in [5.74, 6) is 1.53. The molecule has 0 spiro atoms. The van der Waals surface area contributed by atoms with Crippen molar-refractivity contribution < 1.29 is 19.0 Å². The summed E-state index contributed by atoms with van der Waals surface area (Å²) in [5.41, 5.74) is 5.27. The highest BCUT2D eigenvalue weighted by Gasteiger charge is 2.11. The minimum absolute atomic E-state index is 0.334. The van der Waals surface area contributed by atoms with Crippen LogP contribution in [0.4, 0.5) is 0 Å². The summed E-state index contributed by atoms with van der Waals surface area (Å²) in [6.45, 7) is 2.42. The fourth-order valence-corrected chi connectivity index (χ4v) is 2.74. The van der Waals surface area contributed by atoms with Crippen LogP contribution in [0, 0.1) is 0 Å². The van der Waals surface area contributed by atoms with E-state index in [0.29, 0.717) is 35.0 Å². The van der Waals surface area contributed by atoms with Crippen LogP contribution in [0.5, 0.6) is 17.2 Å². The first-order valence-corrected chi connectivity index (χ1v) is 8.98. The van der Waals surface area contributed by atoms with Gasteiger partial charge in [-0.25, -0.2) is 5.43 Å². The van der Waals surface area contributed by atoms with Gasteiger partial charge in [-0.15, -0.1) is 0 Å². The number of hydrogen-bond acceptors (Lipinski definition) is 6. The number of ether oxygens (including phenoxy) is 3. The highest BCUT2D eigenvalue weighted by Crippen LogP contribution is 2.32. The van der Waals surface area contributed by atoms with Gasteiger partial charge in [-0.1, -0.05) is 6.07 Å². The third-order valence-corrected chi connectivity index (χ3v) is 4.12. The lowest BCUT2D eigenvalue weighted by molar-refractivity contribution is 0.0954. The normalized spacial score (nSPS) is 10.7. The van der Waals surface area contributed by atoms with Crippen LogP contribution in [0.25, 0.3) is 11.3 Å². The largest absolute Gasteiger partial charge is 0.494 e. The highest BCUT2D eigenvalue weighted by molar-refractivity contribution is 5.96. The summed E-state index contributed by atoms with van der Waals surface area (Å²) in [7, 11) is 3.16. The molecule has 0 aliphatic carbocycles.